The number of thiocarbonyl (C=S) groups is 1. The fourth-order valence-corrected chi connectivity index (χ4v) is 3.99. The van der Waals surface area contributed by atoms with Crippen LogP contribution in [0.5, 0.6) is 0 Å². The lowest BCUT2D eigenvalue weighted by molar-refractivity contribution is 0.110. The molecule has 0 heterocycles. The molecule has 0 aromatic rings. The molecule has 6 nitrogen and oxygen atoms in total. The largest absolute Gasteiger partial charge is 0.392 e. The second kappa shape index (κ2) is 10.4. The number of hydrogen-bond donors (Lipinski definition) is 1. The van der Waals surface area contributed by atoms with Gasteiger partial charge in [0.1, 0.15) is 5.25 Å². The van der Waals surface area contributed by atoms with Crippen LogP contribution in [0.3, 0.4) is 0 Å². The van der Waals surface area contributed by atoms with Crippen molar-refractivity contribution in [2.24, 2.45) is 5.73 Å². The van der Waals surface area contributed by atoms with Gasteiger partial charge in [0.2, 0.25) is 10.0 Å². The molecule has 0 rings (SSSR count). The fourth-order valence-electron chi connectivity index (χ4n) is 1.73. The van der Waals surface area contributed by atoms with E-state index in [9.17, 15) is 8.42 Å². The molecule has 8 heteroatoms. The number of sulfonamides is 1. The summed E-state index contributed by atoms with van der Waals surface area (Å²) in [5.41, 5.74) is 5.54. The van der Waals surface area contributed by atoms with Crippen LogP contribution in [0, 0.1) is 0 Å². The van der Waals surface area contributed by atoms with Gasteiger partial charge in [0.15, 0.2) is 0 Å². The molecule has 0 fully saturated rings. The Morgan fingerprint density at radius 1 is 1.15 bits per heavy atom. The van der Waals surface area contributed by atoms with E-state index in [0.29, 0.717) is 32.8 Å². The van der Waals surface area contributed by atoms with Crippen molar-refractivity contribution in [2.45, 2.75) is 32.4 Å². The smallest absolute Gasteiger partial charge is 0.223 e. The standard InChI is InChI=1S/C12H26N2O4S2/c1-4-11(12(13)19)20(15,16)14(7-9-17-5-2)8-10-18-6-3/h11H,4-10H2,1-3H3,(H2,13,19). The van der Waals surface area contributed by atoms with Crippen molar-refractivity contribution in [1.29, 1.82) is 0 Å². The highest BCUT2D eigenvalue weighted by Gasteiger charge is 2.32. The Hall–Kier alpha value is -0.280. The van der Waals surface area contributed by atoms with Crippen molar-refractivity contribution in [1.82, 2.24) is 4.31 Å². The number of hydrogen-bond acceptors (Lipinski definition) is 5. The zero-order valence-electron chi connectivity index (χ0n) is 12.5. The Labute approximate surface area is 127 Å². The molecule has 0 aliphatic heterocycles. The molecule has 0 aromatic heterocycles. The van der Waals surface area contributed by atoms with Crippen LogP contribution in [0.1, 0.15) is 27.2 Å². The maximum Gasteiger partial charge on any atom is 0.223 e. The minimum atomic E-state index is -3.57. The zero-order valence-corrected chi connectivity index (χ0v) is 14.1. The van der Waals surface area contributed by atoms with Gasteiger partial charge in [0.25, 0.3) is 0 Å². The van der Waals surface area contributed by atoms with Gasteiger partial charge in [-0.1, -0.05) is 19.1 Å². The van der Waals surface area contributed by atoms with Crippen molar-refractivity contribution < 1.29 is 17.9 Å². The Bertz CT molecular complexity index is 364. The Kier molecular flexibility index (Phi) is 10.3. The Morgan fingerprint density at radius 2 is 1.60 bits per heavy atom. The lowest BCUT2D eigenvalue weighted by Gasteiger charge is -2.26. The number of nitrogens with two attached hydrogens (primary N) is 1. The molecule has 0 saturated carbocycles. The summed E-state index contributed by atoms with van der Waals surface area (Å²) in [4.78, 5) is 0.00493. The molecule has 0 aromatic carbocycles. The molecule has 2 N–H and O–H groups in total. The van der Waals surface area contributed by atoms with E-state index in [4.69, 9.17) is 27.4 Å². The third-order valence-corrected chi connectivity index (χ3v) is 5.61. The van der Waals surface area contributed by atoms with Gasteiger partial charge in [-0.05, 0) is 20.3 Å². The Balaban J connectivity index is 4.90. The second-order valence-corrected chi connectivity index (χ2v) is 6.72. The van der Waals surface area contributed by atoms with Crippen LogP contribution in [-0.4, -0.2) is 62.5 Å². The van der Waals surface area contributed by atoms with E-state index in [1.165, 1.54) is 4.31 Å². The van der Waals surface area contributed by atoms with Crippen LogP contribution >= 0.6 is 12.2 Å². The maximum atomic E-state index is 12.5. The number of nitrogens with zero attached hydrogens (tertiary/aromatic N) is 1. The average Bonchev–Trinajstić information content (AvgIpc) is 2.37. The van der Waals surface area contributed by atoms with Crippen molar-refractivity contribution in [2.75, 3.05) is 39.5 Å². The van der Waals surface area contributed by atoms with Crippen LogP contribution in [0.4, 0.5) is 0 Å². The predicted molar refractivity (Wildman–Crippen MR) is 84.3 cm³/mol. The van der Waals surface area contributed by atoms with Crippen LogP contribution < -0.4 is 5.73 Å². The molecule has 0 saturated heterocycles. The van der Waals surface area contributed by atoms with E-state index in [1.807, 2.05) is 13.8 Å². The fraction of sp³-hybridized carbons (Fsp3) is 0.917. The van der Waals surface area contributed by atoms with E-state index in [2.05, 4.69) is 0 Å². The average molecular weight is 326 g/mol. The highest BCUT2D eigenvalue weighted by molar-refractivity contribution is 7.92. The van der Waals surface area contributed by atoms with Gasteiger partial charge < -0.3 is 15.2 Å². The summed E-state index contributed by atoms with van der Waals surface area (Å²) in [5, 5.41) is -0.833. The van der Waals surface area contributed by atoms with E-state index >= 15 is 0 Å². The summed E-state index contributed by atoms with van der Waals surface area (Å²) in [6.07, 6.45) is 0.359. The topological polar surface area (TPSA) is 81.9 Å². The normalized spacial score (nSPS) is 13.6. The van der Waals surface area contributed by atoms with Gasteiger partial charge in [-0.2, -0.15) is 4.31 Å². The molecule has 0 aliphatic rings. The van der Waals surface area contributed by atoms with Gasteiger partial charge in [0.05, 0.1) is 18.2 Å². The van der Waals surface area contributed by atoms with Crippen molar-refractivity contribution in [3.05, 3.63) is 0 Å². The van der Waals surface area contributed by atoms with Gasteiger partial charge >= 0.3 is 0 Å². The third-order valence-electron chi connectivity index (χ3n) is 2.79. The molecule has 0 bridgehead atoms. The van der Waals surface area contributed by atoms with Gasteiger partial charge in [-0.25, -0.2) is 8.42 Å². The highest BCUT2D eigenvalue weighted by atomic mass is 32.2. The highest BCUT2D eigenvalue weighted by Crippen LogP contribution is 2.13. The van der Waals surface area contributed by atoms with Gasteiger partial charge in [0, 0.05) is 26.3 Å². The molecule has 120 valence electrons. The predicted octanol–water partition coefficient (Wildman–Crippen LogP) is 0.756. The molecule has 0 radical (unpaired) electrons. The monoisotopic (exact) mass is 326 g/mol. The maximum absolute atomic E-state index is 12.5. The number of ether oxygens (including phenoxy) is 2. The van der Waals surface area contributed by atoms with Crippen LogP contribution in [0.15, 0.2) is 0 Å². The second-order valence-electron chi connectivity index (χ2n) is 4.14. The molecule has 0 spiro atoms. The van der Waals surface area contributed by atoms with E-state index in [0.717, 1.165) is 0 Å². The molecule has 0 amide bonds. The first-order chi connectivity index (χ1) is 9.41. The Morgan fingerprint density at radius 3 is 1.90 bits per heavy atom. The van der Waals surface area contributed by atoms with Gasteiger partial charge in [-0.15, -0.1) is 0 Å². The van der Waals surface area contributed by atoms with Crippen molar-refractivity contribution >= 4 is 27.2 Å². The summed E-state index contributed by atoms with van der Waals surface area (Å²) < 4.78 is 36.9. The summed E-state index contributed by atoms with van der Waals surface area (Å²) in [6, 6.07) is 0. The van der Waals surface area contributed by atoms with Crippen molar-refractivity contribution in [3.8, 4) is 0 Å². The summed E-state index contributed by atoms with van der Waals surface area (Å²) in [7, 11) is -3.57. The molecule has 1 atom stereocenters. The lowest BCUT2D eigenvalue weighted by atomic mass is 10.3. The SMILES string of the molecule is CCOCCN(CCOCC)S(=O)(=O)C(CC)C(N)=S. The summed E-state index contributed by atoms with van der Waals surface area (Å²) >= 11 is 4.86. The quantitative estimate of drug-likeness (QED) is 0.421. The molecule has 1 unspecified atom stereocenters. The molecule has 0 aliphatic carbocycles. The van der Waals surface area contributed by atoms with Crippen LogP contribution in [0.2, 0.25) is 0 Å². The van der Waals surface area contributed by atoms with Crippen LogP contribution in [-0.2, 0) is 19.5 Å². The third kappa shape index (κ3) is 6.45. The molecule has 20 heavy (non-hydrogen) atoms. The summed E-state index contributed by atoms with van der Waals surface area (Å²) in [6.45, 7) is 7.82. The molecular formula is C12H26N2O4S2. The lowest BCUT2D eigenvalue weighted by Crippen LogP contribution is -2.46. The van der Waals surface area contributed by atoms with E-state index < -0.39 is 15.3 Å². The minimum absolute atomic E-state index is 0.00493. The first-order valence-electron chi connectivity index (χ1n) is 6.85. The first kappa shape index (κ1) is 19.7. The van der Waals surface area contributed by atoms with E-state index in [1.54, 1.807) is 6.92 Å². The van der Waals surface area contributed by atoms with Crippen molar-refractivity contribution in [3.63, 3.8) is 0 Å². The summed E-state index contributed by atoms with van der Waals surface area (Å²) in [5.74, 6) is 0. The minimum Gasteiger partial charge on any atom is -0.392 e. The number of rotatable bonds is 12. The van der Waals surface area contributed by atoms with Crippen LogP contribution in [0.25, 0.3) is 0 Å². The van der Waals surface area contributed by atoms with Gasteiger partial charge in [-0.3, -0.25) is 0 Å². The first-order valence-corrected chi connectivity index (χ1v) is 8.76. The zero-order chi connectivity index (χ0) is 15.6. The molecular weight excluding hydrogens is 300 g/mol. The van der Waals surface area contributed by atoms with E-state index in [-0.39, 0.29) is 18.1 Å².